The number of ether oxygens (including phenoxy) is 4. The average molecular weight is 519 g/mol. The maximum atomic E-state index is 12.9. The Balaban J connectivity index is 1.49. The van der Waals surface area contributed by atoms with E-state index in [1.807, 2.05) is 32.0 Å². The summed E-state index contributed by atoms with van der Waals surface area (Å²) in [6.45, 7) is 3.77. The molecule has 0 saturated carbocycles. The monoisotopic (exact) mass is 518 g/mol. The summed E-state index contributed by atoms with van der Waals surface area (Å²) in [7, 11) is 3.04. The largest absolute Gasteiger partial charge is 0.493 e. The van der Waals surface area contributed by atoms with Crippen molar-refractivity contribution in [3.8, 4) is 28.7 Å². The smallest absolute Gasteiger partial charge is 0.276 e. The van der Waals surface area contributed by atoms with Crippen LogP contribution in [0.3, 0.4) is 0 Å². The van der Waals surface area contributed by atoms with Crippen LogP contribution in [0.4, 0.5) is 11.4 Å². The number of amides is 1. The molecule has 1 amide bonds. The number of non-ortho nitro benzene ring substituents is 1. The minimum atomic E-state index is -0.559. The molecule has 0 saturated heterocycles. The van der Waals surface area contributed by atoms with Gasteiger partial charge >= 0.3 is 0 Å². The van der Waals surface area contributed by atoms with Crippen molar-refractivity contribution in [1.82, 2.24) is 9.78 Å². The molecule has 1 heterocycles. The number of carbonyl (C=O) groups is 1. The van der Waals surface area contributed by atoms with Gasteiger partial charge in [-0.3, -0.25) is 14.9 Å². The van der Waals surface area contributed by atoms with Crippen LogP contribution in [0, 0.1) is 24.0 Å². The number of hydrogen-bond acceptors (Lipinski definition) is 8. The summed E-state index contributed by atoms with van der Waals surface area (Å²) in [5, 5.41) is 18.4. The van der Waals surface area contributed by atoms with E-state index < -0.39 is 10.8 Å². The Hall–Kier alpha value is -5.06. The first-order valence-corrected chi connectivity index (χ1v) is 11.5. The molecule has 38 heavy (non-hydrogen) atoms. The standard InChI is InChI=1S/C27H26N4O7/c1-17-8-9-18(2)25(12-17)38-21-14-19(13-20(15-21)31(33)34)28-27(32)22-10-11-30(29-22)16-37-26-23(35-3)6-5-7-24(26)36-4/h5-15H,16H2,1-4H3,(H,28,32). The molecule has 4 aromatic rings. The van der Waals surface area contributed by atoms with Gasteiger partial charge in [0.15, 0.2) is 23.9 Å². The zero-order chi connectivity index (χ0) is 27.2. The third-order valence-corrected chi connectivity index (χ3v) is 5.53. The molecule has 0 fully saturated rings. The highest BCUT2D eigenvalue weighted by Crippen LogP contribution is 2.37. The number of para-hydroxylation sites is 1. The van der Waals surface area contributed by atoms with Gasteiger partial charge in [0.25, 0.3) is 11.6 Å². The van der Waals surface area contributed by atoms with Crippen LogP contribution in [0.2, 0.25) is 0 Å². The highest BCUT2D eigenvalue weighted by molar-refractivity contribution is 6.03. The van der Waals surface area contributed by atoms with Crippen molar-refractivity contribution in [1.29, 1.82) is 0 Å². The van der Waals surface area contributed by atoms with E-state index >= 15 is 0 Å². The number of hydrogen-bond donors (Lipinski definition) is 1. The van der Waals surface area contributed by atoms with E-state index in [2.05, 4.69) is 10.4 Å². The summed E-state index contributed by atoms with van der Waals surface area (Å²) in [6.07, 6.45) is 1.57. The van der Waals surface area contributed by atoms with Crippen LogP contribution in [0.25, 0.3) is 0 Å². The van der Waals surface area contributed by atoms with Crippen LogP contribution in [-0.2, 0) is 6.73 Å². The van der Waals surface area contributed by atoms with Gasteiger partial charge in [-0.1, -0.05) is 18.2 Å². The molecular formula is C27H26N4O7. The summed E-state index contributed by atoms with van der Waals surface area (Å²) in [5.74, 6) is 1.59. The molecule has 0 aliphatic rings. The maximum absolute atomic E-state index is 12.9. The number of rotatable bonds is 10. The zero-order valence-electron chi connectivity index (χ0n) is 21.3. The molecule has 1 aromatic heterocycles. The van der Waals surface area contributed by atoms with E-state index in [4.69, 9.17) is 18.9 Å². The number of carbonyl (C=O) groups excluding carboxylic acids is 1. The zero-order valence-corrected chi connectivity index (χ0v) is 21.3. The number of benzene rings is 3. The average Bonchev–Trinajstić information content (AvgIpc) is 3.38. The molecule has 1 N–H and O–H groups in total. The van der Waals surface area contributed by atoms with E-state index in [9.17, 15) is 14.9 Å². The predicted molar refractivity (Wildman–Crippen MR) is 139 cm³/mol. The van der Waals surface area contributed by atoms with Gasteiger partial charge in [0.2, 0.25) is 5.75 Å². The predicted octanol–water partition coefficient (Wildman–Crippen LogP) is 5.51. The maximum Gasteiger partial charge on any atom is 0.276 e. The van der Waals surface area contributed by atoms with E-state index in [1.54, 1.807) is 24.4 Å². The van der Waals surface area contributed by atoms with Gasteiger partial charge in [-0.15, -0.1) is 0 Å². The minimum Gasteiger partial charge on any atom is -0.493 e. The molecule has 4 rings (SSSR count). The van der Waals surface area contributed by atoms with Gasteiger partial charge in [0.1, 0.15) is 11.5 Å². The number of aromatic nitrogens is 2. The van der Waals surface area contributed by atoms with Crippen LogP contribution >= 0.6 is 0 Å². The second kappa shape index (κ2) is 11.3. The number of methoxy groups -OCH3 is 2. The summed E-state index contributed by atoms with van der Waals surface area (Å²) in [5.41, 5.74) is 1.89. The lowest BCUT2D eigenvalue weighted by Gasteiger charge is -2.13. The van der Waals surface area contributed by atoms with Crippen molar-refractivity contribution in [3.05, 3.63) is 93.8 Å². The molecular weight excluding hydrogens is 492 g/mol. The molecule has 0 atom stereocenters. The van der Waals surface area contributed by atoms with E-state index in [0.29, 0.717) is 23.0 Å². The van der Waals surface area contributed by atoms with Crippen LogP contribution in [-0.4, -0.2) is 34.8 Å². The number of nitro benzene ring substituents is 1. The molecule has 0 bridgehead atoms. The Bertz CT molecular complexity index is 1460. The SMILES string of the molecule is COc1cccc(OC)c1OCn1ccc(C(=O)Nc2cc(Oc3cc(C)ccc3C)cc([N+](=O)[O-])c2)n1. The fourth-order valence-electron chi connectivity index (χ4n) is 3.60. The van der Waals surface area contributed by atoms with Crippen molar-refractivity contribution < 1.29 is 28.7 Å². The number of anilines is 1. The summed E-state index contributed by atoms with van der Waals surface area (Å²) < 4.78 is 23.8. The van der Waals surface area contributed by atoms with E-state index in [0.717, 1.165) is 11.1 Å². The van der Waals surface area contributed by atoms with E-state index in [-0.39, 0.29) is 29.5 Å². The second-order valence-corrected chi connectivity index (χ2v) is 8.30. The quantitative estimate of drug-likeness (QED) is 0.215. The fourth-order valence-corrected chi connectivity index (χ4v) is 3.60. The van der Waals surface area contributed by atoms with Crippen molar-refractivity contribution >= 4 is 17.3 Å². The molecule has 0 radical (unpaired) electrons. The Kier molecular flexibility index (Phi) is 7.76. The molecule has 3 aromatic carbocycles. The van der Waals surface area contributed by atoms with E-state index in [1.165, 1.54) is 43.2 Å². The highest BCUT2D eigenvalue weighted by Gasteiger charge is 2.17. The molecule has 11 nitrogen and oxygen atoms in total. The third-order valence-electron chi connectivity index (χ3n) is 5.53. The number of nitrogens with one attached hydrogen (secondary N) is 1. The van der Waals surface area contributed by atoms with Crippen molar-refractivity contribution in [2.24, 2.45) is 0 Å². The molecule has 0 aliphatic heterocycles. The lowest BCUT2D eigenvalue weighted by molar-refractivity contribution is -0.384. The number of nitrogens with zero attached hydrogens (tertiary/aromatic N) is 3. The molecule has 196 valence electrons. The van der Waals surface area contributed by atoms with Gasteiger partial charge < -0.3 is 24.3 Å². The first-order chi connectivity index (χ1) is 18.3. The second-order valence-electron chi connectivity index (χ2n) is 8.30. The molecule has 0 spiro atoms. The first kappa shape index (κ1) is 26.0. The normalized spacial score (nSPS) is 10.5. The Labute approximate surface area is 218 Å². The van der Waals surface area contributed by atoms with Crippen molar-refractivity contribution in [2.75, 3.05) is 19.5 Å². The van der Waals surface area contributed by atoms with Gasteiger partial charge in [0.05, 0.1) is 30.9 Å². The Morgan fingerprint density at radius 1 is 1.00 bits per heavy atom. The summed E-state index contributed by atoms with van der Waals surface area (Å²) >= 11 is 0. The highest BCUT2D eigenvalue weighted by atomic mass is 16.6. The first-order valence-electron chi connectivity index (χ1n) is 11.5. The number of aryl methyl sites for hydroxylation is 2. The van der Waals surface area contributed by atoms with Crippen LogP contribution in [0.15, 0.2) is 66.9 Å². The fraction of sp³-hybridized carbons (Fsp3) is 0.185. The summed E-state index contributed by atoms with van der Waals surface area (Å²) in [6, 6.07) is 16.5. The van der Waals surface area contributed by atoms with Gasteiger partial charge in [-0.2, -0.15) is 5.10 Å². The van der Waals surface area contributed by atoms with Crippen LogP contribution in [0.1, 0.15) is 21.6 Å². The minimum absolute atomic E-state index is 0.0192. The van der Waals surface area contributed by atoms with Crippen molar-refractivity contribution in [3.63, 3.8) is 0 Å². The van der Waals surface area contributed by atoms with Gasteiger partial charge in [0, 0.05) is 18.3 Å². The molecule has 0 unspecified atom stereocenters. The lowest BCUT2D eigenvalue weighted by atomic mass is 10.1. The molecule has 0 aliphatic carbocycles. The summed E-state index contributed by atoms with van der Waals surface area (Å²) in [4.78, 5) is 23.8. The number of nitro groups is 1. The van der Waals surface area contributed by atoms with Crippen LogP contribution in [0.5, 0.6) is 28.7 Å². The van der Waals surface area contributed by atoms with Crippen LogP contribution < -0.4 is 24.3 Å². The van der Waals surface area contributed by atoms with Gasteiger partial charge in [-0.05, 0) is 49.2 Å². The molecule has 11 heteroatoms. The van der Waals surface area contributed by atoms with Crippen molar-refractivity contribution in [2.45, 2.75) is 20.6 Å². The Morgan fingerprint density at radius 3 is 2.42 bits per heavy atom. The Morgan fingerprint density at radius 2 is 1.74 bits per heavy atom. The van der Waals surface area contributed by atoms with Gasteiger partial charge in [-0.25, -0.2) is 4.68 Å². The third kappa shape index (κ3) is 6.01. The topological polar surface area (TPSA) is 127 Å². The lowest BCUT2D eigenvalue weighted by Crippen LogP contribution is -2.14.